The monoisotopic (exact) mass is 508 g/mol. The molecule has 1 amide bonds. The first-order valence-corrected chi connectivity index (χ1v) is 12.3. The number of nitro groups is 1. The lowest BCUT2D eigenvalue weighted by Gasteiger charge is -2.33. The second-order valence-electron chi connectivity index (χ2n) is 9.47. The first-order valence-electron chi connectivity index (χ1n) is 11.1. The molecule has 0 unspecified atom stereocenters. The van der Waals surface area contributed by atoms with Gasteiger partial charge in [-0.2, -0.15) is 5.26 Å². The van der Waals surface area contributed by atoms with Crippen LogP contribution in [0.3, 0.4) is 0 Å². The zero-order valence-corrected chi connectivity index (χ0v) is 21.1. The van der Waals surface area contributed by atoms with Gasteiger partial charge in [0.2, 0.25) is 0 Å². The molecule has 2 N–H and O–H groups in total. The zero-order chi connectivity index (χ0) is 25.3. The molecule has 1 aromatic carbocycles. The van der Waals surface area contributed by atoms with E-state index in [0.29, 0.717) is 16.5 Å². The molecule has 35 heavy (non-hydrogen) atoms. The predicted octanol–water partition coefficient (Wildman–Crippen LogP) is 6.07. The van der Waals surface area contributed by atoms with Crippen molar-refractivity contribution in [1.82, 2.24) is 5.32 Å². The number of hydrogen-bond acceptors (Lipinski definition) is 7. The highest BCUT2D eigenvalue weighted by atomic mass is 32.1. The lowest BCUT2D eigenvalue weighted by molar-refractivity contribution is -0.384. The number of amides is 1. The van der Waals surface area contributed by atoms with E-state index in [1.807, 2.05) is 0 Å². The van der Waals surface area contributed by atoms with Crippen molar-refractivity contribution in [2.75, 3.05) is 5.32 Å². The van der Waals surface area contributed by atoms with Gasteiger partial charge in [0.25, 0.3) is 11.6 Å². The third-order valence-corrected chi connectivity index (χ3v) is 7.63. The number of para-hydroxylation sites is 1. The molecule has 3 aromatic rings. The molecule has 0 spiro atoms. The molecule has 1 aliphatic carbocycles. The number of furan rings is 1. The van der Waals surface area contributed by atoms with Gasteiger partial charge in [-0.15, -0.1) is 11.3 Å². The minimum absolute atomic E-state index is 0.0405. The van der Waals surface area contributed by atoms with Crippen molar-refractivity contribution in [2.45, 2.75) is 40.0 Å². The summed E-state index contributed by atoms with van der Waals surface area (Å²) in [5.74, 6) is 0.0990. The van der Waals surface area contributed by atoms with Gasteiger partial charge in [-0.05, 0) is 66.6 Å². The van der Waals surface area contributed by atoms with Crippen LogP contribution in [0.1, 0.15) is 53.8 Å². The lowest BCUT2D eigenvalue weighted by Crippen LogP contribution is -2.33. The Labute approximate surface area is 212 Å². The molecule has 10 heteroatoms. The van der Waals surface area contributed by atoms with E-state index in [0.717, 1.165) is 24.8 Å². The molecular formula is C25H24N4O4S2. The van der Waals surface area contributed by atoms with E-state index in [1.54, 1.807) is 18.2 Å². The Balaban J connectivity index is 1.47. The minimum atomic E-state index is -0.597. The van der Waals surface area contributed by atoms with Crippen molar-refractivity contribution in [2.24, 2.45) is 11.3 Å². The molecule has 0 saturated carbocycles. The minimum Gasteiger partial charge on any atom is -0.451 e. The predicted molar refractivity (Wildman–Crippen MR) is 138 cm³/mol. The molecule has 1 atom stereocenters. The SMILES string of the molecule is CC(C)(C)[C@@H]1CCc2c(sc(NC(=S)NC(=O)c3ccc(-c4ccccc4[N+](=O)[O-])o3)c2C#N)C1. The van der Waals surface area contributed by atoms with Crippen molar-refractivity contribution in [3.8, 4) is 17.4 Å². The van der Waals surface area contributed by atoms with Crippen molar-refractivity contribution in [1.29, 1.82) is 5.26 Å². The van der Waals surface area contributed by atoms with Gasteiger partial charge < -0.3 is 9.73 Å². The van der Waals surface area contributed by atoms with Crippen molar-refractivity contribution >= 4 is 45.3 Å². The summed E-state index contributed by atoms with van der Waals surface area (Å²) in [7, 11) is 0. The van der Waals surface area contributed by atoms with Crippen molar-refractivity contribution in [3.63, 3.8) is 0 Å². The van der Waals surface area contributed by atoms with Gasteiger partial charge >= 0.3 is 0 Å². The van der Waals surface area contributed by atoms with E-state index in [1.165, 1.54) is 34.4 Å². The molecule has 0 bridgehead atoms. The molecule has 2 aromatic heterocycles. The molecule has 1 aliphatic rings. The summed E-state index contributed by atoms with van der Waals surface area (Å²) in [5.41, 5.74) is 1.98. The first-order chi connectivity index (χ1) is 16.6. The number of thiophene rings is 1. The van der Waals surface area contributed by atoms with Crippen LogP contribution in [0.15, 0.2) is 40.8 Å². The number of anilines is 1. The maximum absolute atomic E-state index is 12.7. The van der Waals surface area contributed by atoms with Crippen LogP contribution in [-0.2, 0) is 12.8 Å². The highest BCUT2D eigenvalue weighted by molar-refractivity contribution is 7.80. The lowest BCUT2D eigenvalue weighted by atomic mass is 9.72. The summed E-state index contributed by atoms with van der Waals surface area (Å²) in [6.45, 7) is 6.71. The summed E-state index contributed by atoms with van der Waals surface area (Å²) >= 11 is 6.82. The van der Waals surface area contributed by atoms with Crippen LogP contribution in [0.4, 0.5) is 10.7 Å². The number of fused-ring (bicyclic) bond motifs is 1. The number of hydrogen-bond donors (Lipinski definition) is 2. The molecular weight excluding hydrogens is 484 g/mol. The number of benzene rings is 1. The smallest absolute Gasteiger partial charge is 0.293 e. The number of thiocarbonyl (C=S) groups is 1. The van der Waals surface area contributed by atoms with Gasteiger partial charge in [0.15, 0.2) is 10.9 Å². The fourth-order valence-electron chi connectivity index (χ4n) is 4.28. The van der Waals surface area contributed by atoms with E-state index in [-0.39, 0.29) is 33.3 Å². The summed E-state index contributed by atoms with van der Waals surface area (Å²) in [4.78, 5) is 24.6. The summed E-state index contributed by atoms with van der Waals surface area (Å²) in [6.07, 6.45) is 2.79. The van der Waals surface area contributed by atoms with E-state index in [2.05, 4.69) is 37.5 Å². The Kier molecular flexibility index (Phi) is 6.74. The summed E-state index contributed by atoms with van der Waals surface area (Å²) < 4.78 is 5.57. The topological polar surface area (TPSA) is 121 Å². The molecule has 2 heterocycles. The molecule has 0 fully saturated rings. The third kappa shape index (κ3) is 5.11. The van der Waals surface area contributed by atoms with Gasteiger partial charge in [-0.3, -0.25) is 20.2 Å². The normalized spacial score (nSPS) is 15.1. The average Bonchev–Trinajstić information content (AvgIpc) is 3.42. The summed E-state index contributed by atoms with van der Waals surface area (Å²) in [5, 5.41) is 27.3. The van der Waals surface area contributed by atoms with Gasteiger partial charge in [0.1, 0.15) is 16.8 Å². The molecule has 8 nitrogen and oxygen atoms in total. The van der Waals surface area contributed by atoms with Gasteiger partial charge in [-0.25, -0.2) is 0 Å². The number of carbonyl (C=O) groups excluding carboxylic acids is 1. The van der Waals surface area contributed by atoms with Crippen molar-refractivity contribution in [3.05, 3.63) is 68.3 Å². The van der Waals surface area contributed by atoms with Gasteiger partial charge in [-0.1, -0.05) is 32.9 Å². The number of nitriles is 1. The van der Waals surface area contributed by atoms with E-state index >= 15 is 0 Å². The van der Waals surface area contributed by atoms with Gasteiger partial charge in [0, 0.05) is 10.9 Å². The van der Waals surface area contributed by atoms with Crippen molar-refractivity contribution < 1.29 is 14.1 Å². The average molecular weight is 509 g/mol. The first kappa shape index (κ1) is 24.6. The van der Waals surface area contributed by atoms with Crippen LogP contribution in [0.2, 0.25) is 0 Å². The molecule has 0 aliphatic heterocycles. The Morgan fingerprint density at radius 3 is 2.71 bits per heavy atom. The maximum atomic E-state index is 12.7. The van der Waals surface area contributed by atoms with Gasteiger partial charge in [0.05, 0.1) is 16.1 Å². The van der Waals surface area contributed by atoms with E-state index < -0.39 is 10.8 Å². The zero-order valence-electron chi connectivity index (χ0n) is 19.5. The number of rotatable bonds is 4. The second-order valence-corrected chi connectivity index (χ2v) is 11.0. The van der Waals surface area contributed by atoms with Crippen LogP contribution in [0.5, 0.6) is 0 Å². The highest BCUT2D eigenvalue weighted by Gasteiger charge is 2.32. The van der Waals surface area contributed by atoms with E-state index in [4.69, 9.17) is 16.6 Å². The standard InChI is InChI=1S/C25H24N4O4S2/c1-25(2,3)14-8-9-15-17(13-26)23(35-21(15)12-14)28-24(34)27-22(30)20-11-10-19(33-20)16-6-4-5-7-18(16)29(31)32/h4-7,10-11,14H,8-9,12H2,1-3H3,(H2,27,28,30,34)/t14-/m1/s1. The summed E-state index contributed by atoms with van der Waals surface area (Å²) in [6, 6.07) is 11.4. The molecule has 4 rings (SSSR count). The number of nitrogens with one attached hydrogen (secondary N) is 2. The largest absolute Gasteiger partial charge is 0.451 e. The number of nitro benzene ring substituents is 1. The Morgan fingerprint density at radius 1 is 1.29 bits per heavy atom. The number of nitrogens with zero attached hydrogens (tertiary/aromatic N) is 2. The number of carbonyl (C=O) groups is 1. The second kappa shape index (κ2) is 9.60. The van der Waals surface area contributed by atoms with Crippen LogP contribution >= 0.6 is 23.6 Å². The fourth-order valence-corrected chi connectivity index (χ4v) is 5.82. The van der Waals surface area contributed by atoms with Crippen LogP contribution in [0, 0.1) is 32.8 Å². The molecule has 0 saturated heterocycles. The highest BCUT2D eigenvalue weighted by Crippen LogP contribution is 2.44. The fraction of sp³-hybridized carbons (Fsp3) is 0.320. The third-order valence-electron chi connectivity index (χ3n) is 6.25. The maximum Gasteiger partial charge on any atom is 0.293 e. The van der Waals surface area contributed by atoms with Crippen LogP contribution < -0.4 is 10.6 Å². The Hall–Kier alpha value is -3.55. The molecule has 0 radical (unpaired) electrons. The van der Waals surface area contributed by atoms with E-state index in [9.17, 15) is 20.2 Å². The van der Waals surface area contributed by atoms with Crippen LogP contribution in [0.25, 0.3) is 11.3 Å². The quantitative estimate of drug-likeness (QED) is 0.249. The van der Waals surface area contributed by atoms with Crippen LogP contribution in [-0.4, -0.2) is 15.9 Å². The molecule has 180 valence electrons. The Bertz CT molecular complexity index is 1360. The Morgan fingerprint density at radius 2 is 2.03 bits per heavy atom.